The highest BCUT2D eigenvalue weighted by molar-refractivity contribution is 8.16. The van der Waals surface area contributed by atoms with Crippen LogP contribution in [0.25, 0.3) is 0 Å². The van der Waals surface area contributed by atoms with E-state index in [2.05, 4.69) is 15.3 Å². The minimum atomic E-state index is -0.421. The van der Waals surface area contributed by atoms with E-state index >= 15 is 0 Å². The maximum absolute atomic E-state index is 12.7. The van der Waals surface area contributed by atoms with Gasteiger partial charge >= 0.3 is 5.97 Å². The summed E-state index contributed by atoms with van der Waals surface area (Å²) in [4.78, 5) is 36.1. The van der Waals surface area contributed by atoms with Gasteiger partial charge in [0.25, 0.3) is 0 Å². The molecule has 0 saturated heterocycles. The number of esters is 1. The normalized spacial score (nSPS) is 17.5. The molecule has 1 unspecified atom stereocenters. The zero-order chi connectivity index (χ0) is 22.7. The summed E-state index contributed by atoms with van der Waals surface area (Å²) >= 11 is 1.46. The fourth-order valence-electron chi connectivity index (χ4n) is 3.82. The van der Waals surface area contributed by atoms with Gasteiger partial charge < -0.3 is 15.0 Å². The molecule has 1 atom stereocenters. The number of hydrogen-bond donors (Lipinski definition) is 1. The lowest BCUT2D eigenvalue weighted by atomic mass is 9.93. The van der Waals surface area contributed by atoms with Gasteiger partial charge in [0.1, 0.15) is 0 Å². The zero-order valence-electron chi connectivity index (χ0n) is 18.2. The fraction of sp³-hybridized carbons (Fsp3) is 0.250. The number of aromatic nitrogens is 1. The van der Waals surface area contributed by atoms with Gasteiger partial charge in [-0.15, -0.1) is 0 Å². The van der Waals surface area contributed by atoms with Gasteiger partial charge in [0.05, 0.1) is 30.8 Å². The van der Waals surface area contributed by atoms with Crippen LogP contribution in [0, 0.1) is 6.92 Å². The Morgan fingerprint density at radius 1 is 1.19 bits per heavy atom. The van der Waals surface area contributed by atoms with Crippen molar-refractivity contribution in [2.45, 2.75) is 32.9 Å². The summed E-state index contributed by atoms with van der Waals surface area (Å²) in [6.07, 6.45) is 3.57. The Kier molecular flexibility index (Phi) is 6.41. The number of nitrogens with zero attached hydrogens (tertiary/aromatic N) is 3. The van der Waals surface area contributed by atoms with E-state index in [0.29, 0.717) is 17.8 Å². The quantitative estimate of drug-likeness (QED) is 0.676. The molecule has 3 heterocycles. The van der Waals surface area contributed by atoms with Crippen LogP contribution in [0.5, 0.6) is 0 Å². The first-order chi connectivity index (χ1) is 15.5. The van der Waals surface area contributed by atoms with Crippen molar-refractivity contribution in [3.8, 4) is 0 Å². The lowest BCUT2D eigenvalue weighted by Gasteiger charge is -2.36. The van der Waals surface area contributed by atoms with Gasteiger partial charge in [-0.2, -0.15) is 0 Å². The highest BCUT2D eigenvalue weighted by Crippen LogP contribution is 2.44. The molecular formula is C24H24N4O3S. The van der Waals surface area contributed by atoms with E-state index in [4.69, 9.17) is 4.74 Å². The van der Waals surface area contributed by atoms with Crippen LogP contribution in [-0.2, 0) is 20.9 Å². The smallest absolute Gasteiger partial charge is 0.338 e. The molecule has 32 heavy (non-hydrogen) atoms. The number of amides is 1. The van der Waals surface area contributed by atoms with E-state index in [1.807, 2.05) is 60.6 Å². The predicted molar refractivity (Wildman–Crippen MR) is 124 cm³/mol. The number of hydrogen-bond acceptors (Lipinski definition) is 7. The van der Waals surface area contributed by atoms with Crippen molar-refractivity contribution >= 4 is 28.8 Å². The largest absolute Gasteiger partial charge is 0.466 e. The number of thioether (sulfide) groups is 1. The van der Waals surface area contributed by atoms with Crippen molar-refractivity contribution in [3.05, 3.63) is 87.9 Å². The Hall–Kier alpha value is -3.39. The van der Waals surface area contributed by atoms with Crippen LogP contribution in [0.2, 0.25) is 0 Å². The molecule has 0 spiro atoms. The summed E-state index contributed by atoms with van der Waals surface area (Å²) in [5.41, 5.74) is 4.91. The molecule has 1 N–H and O–H groups in total. The van der Waals surface area contributed by atoms with Crippen LogP contribution in [0.4, 0.5) is 0 Å². The third-order valence-corrected chi connectivity index (χ3v) is 6.23. The Morgan fingerprint density at radius 2 is 1.97 bits per heavy atom. The standard InChI is InChI=1S/C24H24N4O3S/c1-15-5-4-6-18(11-15)22-21(23(30)31-3)16(2)27-24-28(22)19(14-32-24)12-20(29)26-13-17-7-9-25-10-8-17/h4-11,14,22H,12-13H2,1-3H3,(H,26,29). The first-order valence-corrected chi connectivity index (χ1v) is 11.1. The second kappa shape index (κ2) is 9.40. The van der Waals surface area contributed by atoms with Gasteiger partial charge in [-0.25, -0.2) is 9.79 Å². The molecular weight excluding hydrogens is 424 g/mol. The van der Waals surface area contributed by atoms with Gasteiger partial charge in [-0.05, 0) is 42.5 Å². The van der Waals surface area contributed by atoms with Gasteiger partial charge in [0.15, 0.2) is 5.17 Å². The predicted octanol–water partition coefficient (Wildman–Crippen LogP) is 3.84. The van der Waals surface area contributed by atoms with Crippen LogP contribution >= 0.6 is 11.8 Å². The molecule has 164 valence electrons. The van der Waals surface area contributed by atoms with Crippen LogP contribution in [0.1, 0.15) is 36.1 Å². The minimum Gasteiger partial charge on any atom is -0.466 e. The molecule has 0 aliphatic carbocycles. The Balaban J connectivity index is 1.61. The number of ether oxygens (including phenoxy) is 1. The van der Waals surface area contributed by atoms with E-state index in [9.17, 15) is 9.59 Å². The maximum atomic E-state index is 12.7. The van der Waals surface area contributed by atoms with Crippen molar-refractivity contribution < 1.29 is 14.3 Å². The molecule has 2 aromatic rings. The molecule has 2 aliphatic rings. The van der Waals surface area contributed by atoms with Gasteiger partial charge in [-0.1, -0.05) is 41.6 Å². The SMILES string of the molecule is COC(=O)C1=C(C)N=C2SC=C(CC(=O)NCc3ccncc3)N2C1c1cccc(C)c1. The molecule has 0 fully saturated rings. The Labute approximate surface area is 191 Å². The molecule has 1 aromatic carbocycles. The minimum absolute atomic E-state index is 0.108. The monoisotopic (exact) mass is 448 g/mol. The number of carbonyl (C=O) groups is 2. The second-order valence-electron chi connectivity index (χ2n) is 7.61. The summed E-state index contributed by atoms with van der Waals surface area (Å²) in [5.74, 6) is -0.529. The summed E-state index contributed by atoms with van der Waals surface area (Å²) < 4.78 is 5.09. The number of amidine groups is 1. The molecule has 0 saturated carbocycles. The third-order valence-electron chi connectivity index (χ3n) is 5.34. The van der Waals surface area contributed by atoms with Crippen LogP contribution in [0.3, 0.4) is 0 Å². The molecule has 8 heteroatoms. The number of aryl methyl sites for hydroxylation is 1. The second-order valence-corrected chi connectivity index (χ2v) is 8.44. The molecule has 0 bridgehead atoms. The average Bonchev–Trinajstić information content (AvgIpc) is 3.18. The van der Waals surface area contributed by atoms with E-state index in [0.717, 1.165) is 27.6 Å². The summed E-state index contributed by atoms with van der Waals surface area (Å²) in [6, 6.07) is 11.3. The fourth-order valence-corrected chi connectivity index (χ4v) is 4.79. The highest BCUT2D eigenvalue weighted by atomic mass is 32.2. The molecule has 7 nitrogen and oxygen atoms in total. The molecule has 4 rings (SSSR count). The number of benzene rings is 1. The number of allylic oxidation sites excluding steroid dienone is 1. The molecule has 1 amide bonds. The van der Waals surface area contributed by atoms with Crippen LogP contribution < -0.4 is 5.32 Å². The average molecular weight is 449 g/mol. The van der Waals surface area contributed by atoms with Crippen molar-refractivity contribution in [2.75, 3.05) is 7.11 Å². The first-order valence-electron chi connectivity index (χ1n) is 10.2. The molecule has 2 aliphatic heterocycles. The highest BCUT2D eigenvalue weighted by Gasteiger charge is 2.40. The lowest BCUT2D eigenvalue weighted by Crippen LogP contribution is -2.37. The number of methoxy groups -OCH3 is 1. The number of aliphatic imine (C=N–C) groups is 1. The molecule has 0 radical (unpaired) electrons. The lowest BCUT2D eigenvalue weighted by molar-refractivity contribution is -0.136. The van der Waals surface area contributed by atoms with E-state index in [1.165, 1.54) is 18.9 Å². The first kappa shape index (κ1) is 21.8. The van der Waals surface area contributed by atoms with E-state index < -0.39 is 12.0 Å². The van der Waals surface area contributed by atoms with Crippen molar-refractivity contribution in [3.63, 3.8) is 0 Å². The summed E-state index contributed by atoms with van der Waals surface area (Å²) in [7, 11) is 1.37. The zero-order valence-corrected chi connectivity index (χ0v) is 19.0. The Bertz CT molecular complexity index is 1140. The Morgan fingerprint density at radius 3 is 2.69 bits per heavy atom. The van der Waals surface area contributed by atoms with Crippen molar-refractivity contribution in [1.29, 1.82) is 0 Å². The van der Waals surface area contributed by atoms with E-state index in [-0.39, 0.29) is 12.3 Å². The topological polar surface area (TPSA) is 83.9 Å². The van der Waals surface area contributed by atoms with Gasteiger partial charge in [-0.3, -0.25) is 9.78 Å². The van der Waals surface area contributed by atoms with E-state index in [1.54, 1.807) is 12.4 Å². The van der Waals surface area contributed by atoms with Gasteiger partial charge in [0.2, 0.25) is 5.91 Å². The summed E-state index contributed by atoms with van der Waals surface area (Å²) in [5, 5.41) is 5.63. The number of pyridine rings is 1. The van der Waals surface area contributed by atoms with Crippen LogP contribution in [-0.4, -0.2) is 34.0 Å². The number of carbonyl (C=O) groups excluding carboxylic acids is 2. The van der Waals surface area contributed by atoms with Crippen molar-refractivity contribution in [1.82, 2.24) is 15.2 Å². The summed E-state index contributed by atoms with van der Waals surface area (Å²) in [6.45, 7) is 4.26. The number of nitrogens with one attached hydrogen (secondary N) is 1. The number of fused-ring (bicyclic) bond motifs is 1. The van der Waals surface area contributed by atoms with Crippen molar-refractivity contribution in [2.24, 2.45) is 4.99 Å². The van der Waals surface area contributed by atoms with Crippen LogP contribution in [0.15, 0.2) is 76.2 Å². The molecule has 1 aromatic heterocycles. The third kappa shape index (κ3) is 4.45. The maximum Gasteiger partial charge on any atom is 0.338 e. The van der Waals surface area contributed by atoms with Gasteiger partial charge in [0, 0.05) is 24.6 Å². The number of rotatable bonds is 6.